The van der Waals surface area contributed by atoms with Crippen LogP contribution in [0.4, 0.5) is 0 Å². The third-order valence-electron chi connectivity index (χ3n) is 3.62. The molecule has 0 bridgehead atoms. The minimum atomic E-state index is -0.102. The zero-order valence-corrected chi connectivity index (χ0v) is 17.2. The Balaban J connectivity index is 1.36. The number of amides is 1. The summed E-state index contributed by atoms with van der Waals surface area (Å²) in [5.41, 5.74) is 0.718. The average Bonchev–Trinajstić information content (AvgIpc) is 3.13. The summed E-state index contributed by atoms with van der Waals surface area (Å²) in [4.78, 5) is 16.5. The van der Waals surface area contributed by atoms with Crippen LogP contribution in [0.5, 0.6) is 11.5 Å². The van der Waals surface area contributed by atoms with Gasteiger partial charge in [0.1, 0.15) is 29.7 Å². The second-order valence-electron chi connectivity index (χ2n) is 5.80. The lowest BCUT2D eigenvalue weighted by Gasteiger charge is -2.07. The summed E-state index contributed by atoms with van der Waals surface area (Å²) in [6.45, 7) is 1.14. The van der Waals surface area contributed by atoms with E-state index in [4.69, 9.17) is 32.7 Å². The van der Waals surface area contributed by atoms with Gasteiger partial charge in [-0.3, -0.25) is 4.79 Å². The van der Waals surface area contributed by atoms with Gasteiger partial charge in [-0.25, -0.2) is 4.98 Å². The molecule has 3 aromatic rings. The first-order chi connectivity index (χ1) is 13.6. The third kappa shape index (κ3) is 6.71. The van der Waals surface area contributed by atoms with Crippen LogP contribution in [0.15, 0.2) is 53.9 Å². The van der Waals surface area contributed by atoms with Gasteiger partial charge in [0.15, 0.2) is 0 Å². The highest BCUT2D eigenvalue weighted by Gasteiger charge is 2.08. The number of aromatic nitrogens is 1. The van der Waals surface area contributed by atoms with Gasteiger partial charge in [-0.2, -0.15) is 0 Å². The van der Waals surface area contributed by atoms with E-state index in [1.165, 1.54) is 11.3 Å². The molecule has 0 saturated carbocycles. The highest BCUT2D eigenvalue weighted by atomic mass is 35.5. The fraction of sp³-hybridized carbons (Fsp3) is 0.200. The number of halogens is 2. The Morgan fingerprint density at radius 3 is 2.21 bits per heavy atom. The number of ether oxygens (including phenoxy) is 2. The first-order valence-electron chi connectivity index (χ1n) is 8.55. The number of benzene rings is 2. The van der Waals surface area contributed by atoms with Crippen LogP contribution < -0.4 is 14.8 Å². The topological polar surface area (TPSA) is 60.5 Å². The van der Waals surface area contributed by atoms with Gasteiger partial charge in [0.2, 0.25) is 5.91 Å². The number of hydrogen-bond acceptors (Lipinski definition) is 5. The molecule has 1 aromatic heterocycles. The molecule has 1 amide bonds. The lowest BCUT2D eigenvalue weighted by molar-refractivity contribution is -0.120. The molecule has 0 aliphatic carbocycles. The van der Waals surface area contributed by atoms with E-state index >= 15 is 0 Å². The molecule has 28 heavy (non-hydrogen) atoms. The Kier molecular flexibility index (Phi) is 7.54. The number of carbonyl (C=O) groups excluding carboxylic acids is 1. The molecular weight excluding hydrogens is 419 g/mol. The van der Waals surface area contributed by atoms with Crippen molar-refractivity contribution in [1.29, 1.82) is 0 Å². The number of carbonyl (C=O) groups is 1. The van der Waals surface area contributed by atoms with Crippen molar-refractivity contribution in [3.63, 3.8) is 0 Å². The van der Waals surface area contributed by atoms with Crippen molar-refractivity contribution in [3.8, 4) is 11.5 Å². The second kappa shape index (κ2) is 10.3. The molecule has 8 heteroatoms. The Hall–Kier alpha value is -2.28. The Labute approximate surface area is 177 Å². The van der Waals surface area contributed by atoms with Gasteiger partial charge in [0.05, 0.1) is 18.7 Å². The number of hydrogen-bond donors (Lipinski definition) is 1. The van der Waals surface area contributed by atoms with Gasteiger partial charge in [0, 0.05) is 15.4 Å². The lowest BCUT2D eigenvalue weighted by Crippen LogP contribution is -2.29. The normalized spacial score (nSPS) is 10.5. The van der Waals surface area contributed by atoms with Crippen LogP contribution in [0.25, 0.3) is 0 Å². The van der Waals surface area contributed by atoms with Crippen LogP contribution in [-0.4, -0.2) is 24.0 Å². The number of thiazole rings is 1. The Bertz CT molecular complexity index is 899. The molecule has 0 saturated heterocycles. The molecule has 1 heterocycles. The molecule has 0 spiro atoms. The Morgan fingerprint density at radius 2 is 1.57 bits per heavy atom. The molecule has 146 valence electrons. The summed E-state index contributed by atoms with van der Waals surface area (Å²) in [7, 11) is 0. The first kappa shape index (κ1) is 20.5. The average molecular weight is 437 g/mol. The van der Waals surface area contributed by atoms with Crippen molar-refractivity contribution in [3.05, 3.63) is 74.7 Å². The van der Waals surface area contributed by atoms with Gasteiger partial charge in [0.25, 0.3) is 0 Å². The lowest BCUT2D eigenvalue weighted by atomic mass is 10.3. The molecule has 0 aliphatic heterocycles. The first-order valence-corrected chi connectivity index (χ1v) is 10.2. The van der Waals surface area contributed by atoms with E-state index in [1.807, 2.05) is 5.38 Å². The van der Waals surface area contributed by atoms with Crippen LogP contribution in [-0.2, 0) is 17.8 Å². The fourth-order valence-corrected chi connectivity index (χ4v) is 3.25. The van der Waals surface area contributed by atoms with Gasteiger partial charge in [-0.1, -0.05) is 23.2 Å². The highest BCUT2D eigenvalue weighted by Crippen LogP contribution is 2.18. The predicted octanol–water partition coefficient (Wildman–Crippen LogP) is 4.77. The zero-order chi connectivity index (χ0) is 19.8. The van der Waals surface area contributed by atoms with Crippen LogP contribution in [0.3, 0.4) is 0 Å². The van der Waals surface area contributed by atoms with E-state index in [-0.39, 0.29) is 12.3 Å². The van der Waals surface area contributed by atoms with Crippen LogP contribution in [0.2, 0.25) is 10.0 Å². The summed E-state index contributed by atoms with van der Waals surface area (Å²) in [5, 5.41) is 6.81. The van der Waals surface area contributed by atoms with Crippen LogP contribution in [0.1, 0.15) is 10.7 Å². The predicted molar refractivity (Wildman–Crippen MR) is 112 cm³/mol. The maximum atomic E-state index is 12.0. The van der Waals surface area contributed by atoms with Crippen molar-refractivity contribution < 1.29 is 14.3 Å². The summed E-state index contributed by atoms with van der Waals surface area (Å²) < 4.78 is 11.2. The quantitative estimate of drug-likeness (QED) is 0.490. The molecule has 5 nitrogen and oxygen atoms in total. The van der Waals surface area contributed by atoms with Crippen molar-refractivity contribution >= 4 is 40.4 Å². The highest BCUT2D eigenvalue weighted by molar-refractivity contribution is 7.09. The molecule has 0 atom stereocenters. The molecule has 0 radical (unpaired) electrons. The molecule has 3 rings (SSSR count). The molecule has 2 aromatic carbocycles. The minimum absolute atomic E-state index is 0.102. The van der Waals surface area contributed by atoms with Crippen molar-refractivity contribution in [2.45, 2.75) is 13.0 Å². The van der Waals surface area contributed by atoms with E-state index in [9.17, 15) is 4.79 Å². The van der Waals surface area contributed by atoms with E-state index < -0.39 is 0 Å². The summed E-state index contributed by atoms with van der Waals surface area (Å²) in [6.07, 6.45) is 0.221. The van der Waals surface area contributed by atoms with Crippen molar-refractivity contribution in [2.24, 2.45) is 0 Å². The standard InChI is InChI=1S/C20H18Cl2N2O3S/c21-14-1-5-17(6-2-14)26-10-9-23-19(25)11-16-13-28-20(24-16)12-27-18-7-3-15(22)4-8-18/h1-8,13H,9-12H2,(H,23,25). The van der Waals surface area contributed by atoms with E-state index in [0.717, 1.165) is 16.5 Å². The Morgan fingerprint density at radius 1 is 0.964 bits per heavy atom. The maximum Gasteiger partial charge on any atom is 0.226 e. The number of nitrogens with one attached hydrogen (secondary N) is 1. The van der Waals surface area contributed by atoms with E-state index in [0.29, 0.717) is 35.6 Å². The van der Waals surface area contributed by atoms with Gasteiger partial charge >= 0.3 is 0 Å². The van der Waals surface area contributed by atoms with Crippen molar-refractivity contribution in [1.82, 2.24) is 10.3 Å². The molecule has 0 unspecified atom stereocenters. The summed E-state index contributed by atoms with van der Waals surface area (Å²) in [5.74, 6) is 1.33. The van der Waals surface area contributed by atoms with Gasteiger partial charge < -0.3 is 14.8 Å². The smallest absolute Gasteiger partial charge is 0.226 e. The number of rotatable bonds is 9. The second-order valence-corrected chi connectivity index (χ2v) is 7.62. The van der Waals surface area contributed by atoms with Gasteiger partial charge in [-0.05, 0) is 48.5 Å². The molecule has 1 N–H and O–H groups in total. The summed E-state index contributed by atoms with van der Waals surface area (Å²) in [6, 6.07) is 14.2. The molecular formula is C20H18Cl2N2O3S. The van der Waals surface area contributed by atoms with E-state index in [1.54, 1.807) is 48.5 Å². The number of nitrogens with zero attached hydrogens (tertiary/aromatic N) is 1. The summed E-state index contributed by atoms with van der Waals surface area (Å²) >= 11 is 13.1. The van der Waals surface area contributed by atoms with Crippen LogP contribution >= 0.6 is 34.5 Å². The SMILES string of the molecule is O=C(Cc1csc(COc2ccc(Cl)cc2)n1)NCCOc1ccc(Cl)cc1. The largest absolute Gasteiger partial charge is 0.492 e. The monoisotopic (exact) mass is 436 g/mol. The molecule has 0 fully saturated rings. The maximum absolute atomic E-state index is 12.0. The van der Waals surface area contributed by atoms with Gasteiger partial charge in [-0.15, -0.1) is 11.3 Å². The van der Waals surface area contributed by atoms with Crippen molar-refractivity contribution in [2.75, 3.05) is 13.2 Å². The van der Waals surface area contributed by atoms with Crippen LogP contribution in [0, 0.1) is 0 Å². The zero-order valence-electron chi connectivity index (χ0n) is 14.9. The minimum Gasteiger partial charge on any atom is -0.492 e. The fourth-order valence-electron chi connectivity index (χ4n) is 2.29. The van der Waals surface area contributed by atoms with E-state index in [2.05, 4.69) is 10.3 Å². The third-order valence-corrected chi connectivity index (χ3v) is 5.00. The molecule has 0 aliphatic rings.